The van der Waals surface area contributed by atoms with Crippen LogP contribution in [-0.4, -0.2) is 41.9 Å². The Morgan fingerprint density at radius 3 is 3.25 bits per heavy atom. The number of fused-ring (bicyclic) bond motifs is 1. The summed E-state index contributed by atoms with van der Waals surface area (Å²) in [6.45, 7) is 2.16. The molecule has 0 aliphatic carbocycles. The first-order valence-electron chi connectivity index (χ1n) is 7.05. The standard InChI is InChI=1S/C14H18N4OSe/c19-13(7-6-10-3-2-8-15-9-10)16-11-4-1-5-12-14(11)18-20-17-12/h1,4-5,10,15H,2-3,6-9H2,(H,16,19). The molecule has 2 heterocycles. The number of rotatable bonds is 4. The van der Waals surface area contributed by atoms with Crippen LogP contribution < -0.4 is 10.6 Å². The molecular weight excluding hydrogens is 319 g/mol. The van der Waals surface area contributed by atoms with Crippen molar-refractivity contribution < 1.29 is 4.79 Å². The summed E-state index contributed by atoms with van der Waals surface area (Å²) in [4.78, 5) is 12.1. The van der Waals surface area contributed by atoms with Gasteiger partial charge in [0.2, 0.25) is 0 Å². The van der Waals surface area contributed by atoms with Crippen LogP contribution in [0.15, 0.2) is 18.2 Å². The Bertz CT molecular complexity index is 592. The van der Waals surface area contributed by atoms with E-state index in [0.717, 1.165) is 36.2 Å². The van der Waals surface area contributed by atoms with Crippen molar-refractivity contribution in [2.45, 2.75) is 25.7 Å². The minimum atomic E-state index is -0.0586. The molecule has 1 aromatic carbocycles. The second-order valence-electron chi connectivity index (χ2n) is 5.24. The molecule has 3 rings (SSSR count). The molecule has 5 nitrogen and oxygen atoms in total. The Kier molecular flexibility index (Phi) is 4.45. The Hall–Kier alpha value is -1.23. The molecule has 0 bridgehead atoms. The van der Waals surface area contributed by atoms with Gasteiger partial charge >= 0.3 is 124 Å². The zero-order valence-electron chi connectivity index (χ0n) is 11.3. The summed E-state index contributed by atoms with van der Waals surface area (Å²) in [5.74, 6) is 0.720. The predicted molar refractivity (Wildman–Crippen MR) is 79.9 cm³/mol. The van der Waals surface area contributed by atoms with Gasteiger partial charge in [0.1, 0.15) is 0 Å². The summed E-state index contributed by atoms with van der Waals surface area (Å²) in [7, 11) is 0. The molecule has 1 fully saturated rings. The maximum atomic E-state index is 12.1. The molecular formula is C14H18N4OSe. The van der Waals surface area contributed by atoms with Crippen molar-refractivity contribution in [2.24, 2.45) is 5.92 Å². The van der Waals surface area contributed by atoms with E-state index in [0.29, 0.717) is 12.3 Å². The van der Waals surface area contributed by atoms with Crippen molar-refractivity contribution in [3.05, 3.63) is 18.2 Å². The molecule has 1 aliphatic rings. The quantitative estimate of drug-likeness (QED) is 0.828. The van der Waals surface area contributed by atoms with Crippen LogP contribution in [0.4, 0.5) is 5.69 Å². The number of amides is 1. The second-order valence-corrected chi connectivity index (χ2v) is 6.35. The van der Waals surface area contributed by atoms with Crippen molar-refractivity contribution in [3.63, 3.8) is 0 Å². The van der Waals surface area contributed by atoms with Crippen LogP contribution >= 0.6 is 0 Å². The number of carbonyl (C=O) groups is 1. The van der Waals surface area contributed by atoms with Crippen LogP contribution in [0.3, 0.4) is 0 Å². The van der Waals surface area contributed by atoms with Gasteiger partial charge in [-0.2, -0.15) is 0 Å². The molecule has 0 spiro atoms. The van der Waals surface area contributed by atoms with Gasteiger partial charge in [0.25, 0.3) is 0 Å². The Labute approximate surface area is 124 Å². The van der Waals surface area contributed by atoms with Gasteiger partial charge in [0, 0.05) is 0 Å². The van der Waals surface area contributed by atoms with E-state index in [1.165, 1.54) is 12.8 Å². The number of aromatic nitrogens is 2. The molecule has 1 atom stereocenters. The Balaban J connectivity index is 1.57. The third kappa shape index (κ3) is 3.26. The van der Waals surface area contributed by atoms with Crippen molar-refractivity contribution in [1.82, 2.24) is 13.3 Å². The van der Waals surface area contributed by atoms with E-state index in [9.17, 15) is 4.79 Å². The average Bonchev–Trinajstić information content (AvgIpc) is 2.96. The maximum absolute atomic E-state index is 12.1. The van der Waals surface area contributed by atoms with Gasteiger partial charge in [-0.15, -0.1) is 0 Å². The predicted octanol–water partition coefficient (Wildman–Crippen LogP) is 1.41. The van der Waals surface area contributed by atoms with Crippen LogP contribution in [0.2, 0.25) is 0 Å². The summed E-state index contributed by atoms with van der Waals surface area (Å²) < 4.78 is 8.70. The number of nitrogens with zero attached hydrogens (tertiary/aromatic N) is 2. The number of carbonyl (C=O) groups excluding carboxylic acids is 1. The van der Waals surface area contributed by atoms with Crippen LogP contribution in [-0.2, 0) is 4.79 Å². The number of hydrogen-bond acceptors (Lipinski definition) is 4. The first-order valence-corrected chi connectivity index (χ1v) is 8.58. The molecule has 1 amide bonds. The summed E-state index contributed by atoms with van der Waals surface area (Å²) >= 11 is -0.0586. The second kappa shape index (κ2) is 6.48. The summed E-state index contributed by atoms with van der Waals surface area (Å²) in [6, 6.07) is 5.76. The van der Waals surface area contributed by atoms with Gasteiger partial charge in [-0.05, 0) is 0 Å². The first-order chi connectivity index (χ1) is 9.83. The fourth-order valence-corrected chi connectivity index (χ4v) is 3.78. The van der Waals surface area contributed by atoms with E-state index in [4.69, 9.17) is 0 Å². The summed E-state index contributed by atoms with van der Waals surface area (Å²) in [5.41, 5.74) is 2.55. The van der Waals surface area contributed by atoms with Gasteiger partial charge < -0.3 is 0 Å². The van der Waals surface area contributed by atoms with Gasteiger partial charge in [0.15, 0.2) is 0 Å². The number of nitrogens with one attached hydrogen (secondary N) is 2. The van der Waals surface area contributed by atoms with E-state index >= 15 is 0 Å². The van der Waals surface area contributed by atoms with E-state index in [-0.39, 0.29) is 20.9 Å². The van der Waals surface area contributed by atoms with E-state index < -0.39 is 0 Å². The Morgan fingerprint density at radius 2 is 2.40 bits per heavy atom. The van der Waals surface area contributed by atoms with Gasteiger partial charge in [-0.3, -0.25) is 0 Å². The fraction of sp³-hybridized carbons (Fsp3) is 0.500. The molecule has 106 valence electrons. The number of anilines is 1. The molecule has 1 aromatic heterocycles. The molecule has 1 unspecified atom stereocenters. The van der Waals surface area contributed by atoms with Crippen LogP contribution in [0.5, 0.6) is 0 Å². The average molecular weight is 337 g/mol. The summed E-state index contributed by atoms with van der Waals surface area (Å²) in [5, 5.41) is 6.36. The molecule has 1 aliphatic heterocycles. The summed E-state index contributed by atoms with van der Waals surface area (Å²) in [6.07, 6.45) is 4.00. The minimum absolute atomic E-state index is 0.0586. The topological polar surface area (TPSA) is 66.9 Å². The molecule has 2 aromatic rings. The Morgan fingerprint density at radius 1 is 1.45 bits per heavy atom. The van der Waals surface area contributed by atoms with E-state index in [2.05, 4.69) is 18.6 Å². The van der Waals surface area contributed by atoms with Gasteiger partial charge in [-0.25, -0.2) is 0 Å². The third-order valence-corrected chi connectivity index (χ3v) is 4.88. The SMILES string of the molecule is O=C(CCC1CCCNC1)Nc1cccc2n[se]nc12. The van der Waals surface area contributed by atoms with Gasteiger partial charge in [-0.1, -0.05) is 0 Å². The monoisotopic (exact) mass is 338 g/mol. The van der Waals surface area contributed by atoms with E-state index in [1.54, 1.807) is 0 Å². The van der Waals surface area contributed by atoms with Gasteiger partial charge in [0.05, 0.1) is 0 Å². The number of benzene rings is 1. The number of hydrogen-bond donors (Lipinski definition) is 2. The van der Waals surface area contributed by atoms with Crippen molar-refractivity contribution >= 4 is 37.6 Å². The molecule has 1 saturated heterocycles. The molecule has 0 saturated carbocycles. The zero-order valence-corrected chi connectivity index (χ0v) is 13.0. The molecule has 6 heteroatoms. The van der Waals surface area contributed by atoms with Crippen molar-refractivity contribution in [2.75, 3.05) is 18.4 Å². The fourth-order valence-electron chi connectivity index (χ4n) is 2.63. The molecule has 20 heavy (non-hydrogen) atoms. The van der Waals surface area contributed by atoms with Crippen LogP contribution in [0.1, 0.15) is 25.7 Å². The first kappa shape index (κ1) is 13.7. The number of piperidine rings is 1. The van der Waals surface area contributed by atoms with Crippen LogP contribution in [0, 0.1) is 5.92 Å². The molecule has 2 N–H and O–H groups in total. The van der Waals surface area contributed by atoms with Crippen LogP contribution in [0.25, 0.3) is 11.0 Å². The van der Waals surface area contributed by atoms with E-state index in [1.807, 2.05) is 18.2 Å². The third-order valence-electron chi connectivity index (χ3n) is 3.74. The normalized spacial score (nSPS) is 19.1. The molecule has 0 radical (unpaired) electrons. The van der Waals surface area contributed by atoms with Crippen molar-refractivity contribution in [3.8, 4) is 0 Å². The zero-order chi connectivity index (χ0) is 13.8. The van der Waals surface area contributed by atoms with Crippen molar-refractivity contribution in [1.29, 1.82) is 0 Å².